The summed E-state index contributed by atoms with van der Waals surface area (Å²) in [6.45, 7) is 7.89. The van der Waals surface area contributed by atoms with Gasteiger partial charge in [-0.25, -0.2) is 4.79 Å². The minimum absolute atomic E-state index is 0.00220. The first kappa shape index (κ1) is 22.4. The Morgan fingerprint density at radius 3 is 2.29 bits per heavy atom. The maximum atomic E-state index is 12.9. The first-order valence-electron chi connectivity index (χ1n) is 9.13. The van der Waals surface area contributed by atoms with Gasteiger partial charge in [-0.05, 0) is 39.3 Å². The van der Waals surface area contributed by atoms with Gasteiger partial charge in [0.1, 0.15) is 5.75 Å². The van der Waals surface area contributed by atoms with Gasteiger partial charge in [0.25, 0.3) is 5.56 Å². The van der Waals surface area contributed by atoms with Crippen molar-refractivity contribution < 1.29 is 14.6 Å². The number of halogens is 2. The van der Waals surface area contributed by atoms with Crippen molar-refractivity contribution >= 4 is 40.1 Å². The summed E-state index contributed by atoms with van der Waals surface area (Å²) >= 11 is 12.3. The number of rotatable bonds is 6. The second-order valence-corrected chi connectivity index (χ2v) is 8.51. The Kier molecular flexibility index (Phi) is 6.88. The second kappa shape index (κ2) is 8.62. The number of amides is 1. The Morgan fingerprint density at radius 2 is 1.79 bits per heavy atom. The van der Waals surface area contributed by atoms with Crippen molar-refractivity contribution in [2.75, 3.05) is 6.61 Å². The van der Waals surface area contributed by atoms with E-state index in [1.165, 1.54) is 15.5 Å². The van der Waals surface area contributed by atoms with E-state index in [2.05, 4.69) is 0 Å². The van der Waals surface area contributed by atoms with Crippen molar-refractivity contribution in [2.24, 2.45) is 7.05 Å². The Labute approximate surface area is 174 Å². The highest BCUT2D eigenvalue weighted by Gasteiger charge is 2.29. The topological polar surface area (TPSA) is 71.8 Å². The van der Waals surface area contributed by atoms with Crippen molar-refractivity contribution in [2.45, 2.75) is 52.6 Å². The van der Waals surface area contributed by atoms with Gasteiger partial charge in [-0.3, -0.25) is 9.69 Å². The molecule has 8 heteroatoms. The Morgan fingerprint density at radius 1 is 1.21 bits per heavy atom. The fraction of sp³-hybridized carbons (Fsp3) is 0.500. The molecule has 0 aliphatic carbocycles. The molecule has 0 saturated carbocycles. The van der Waals surface area contributed by atoms with Gasteiger partial charge in [-0.15, -0.1) is 0 Å². The normalized spacial score (nSPS) is 11.7. The average Bonchev–Trinajstić information content (AvgIpc) is 2.59. The van der Waals surface area contributed by atoms with Gasteiger partial charge in [0.05, 0.1) is 34.3 Å². The molecular weight excluding hydrogens is 403 g/mol. The standard InChI is InChI=1S/C20H26Cl2N2O4/c1-6-7-8-28-17-12-9-14(21)15(22)10-13(12)18(25)23(5)16(17)11-24(19(26)27)20(2,3)4/h9-10H,6-8,11H2,1-5H3,(H,26,27). The molecule has 0 radical (unpaired) electrons. The predicted molar refractivity (Wildman–Crippen MR) is 113 cm³/mol. The number of pyridine rings is 1. The summed E-state index contributed by atoms with van der Waals surface area (Å²) < 4.78 is 7.46. The third-order valence-corrected chi connectivity index (χ3v) is 5.32. The number of hydrogen-bond acceptors (Lipinski definition) is 3. The third kappa shape index (κ3) is 4.55. The molecule has 1 heterocycles. The quantitative estimate of drug-likeness (QED) is 0.633. The lowest BCUT2D eigenvalue weighted by Gasteiger charge is -2.34. The molecular formula is C20H26Cl2N2O4. The van der Waals surface area contributed by atoms with Gasteiger partial charge in [-0.1, -0.05) is 36.5 Å². The van der Waals surface area contributed by atoms with Crippen LogP contribution in [0, 0.1) is 0 Å². The highest BCUT2D eigenvalue weighted by Crippen LogP contribution is 2.35. The molecule has 0 aliphatic heterocycles. The van der Waals surface area contributed by atoms with Gasteiger partial charge in [0.2, 0.25) is 0 Å². The first-order chi connectivity index (χ1) is 13.0. The number of nitrogens with zero attached hydrogens (tertiary/aromatic N) is 2. The Bertz CT molecular complexity index is 948. The highest BCUT2D eigenvalue weighted by molar-refractivity contribution is 6.42. The van der Waals surface area contributed by atoms with Crippen molar-refractivity contribution in [3.05, 3.63) is 38.2 Å². The van der Waals surface area contributed by atoms with Crippen molar-refractivity contribution in [1.29, 1.82) is 0 Å². The summed E-state index contributed by atoms with van der Waals surface area (Å²) in [6.07, 6.45) is 0.690. The van der Waals surface area contributed by atoms with Crippen LogP contribution in [-0.2, 0) is 13.6 Å². The molecule has 0 unspecified atom stereocenters. The van der Waals surface area contributed by atoms with Crippen LogP contribution in [0.25, 0.3) is 10.8 Å². The largest absolute Gasteiger partial charge is 0.491 e. The zero-order valence-corrected chi connectivity index (χ0v) is 18.3. The zero-order valence-electron chi connectivity index (χ0n) is 16.8. The fourth-order valence-corrected chi connectivity index (χ4v) is 3.25. The molecule has 1 N–H and O–H groups in total. The molecule has 0 bridgehead atoms. The van der Waals surface area contributed by atoms with E-state index in [1.807, 2.05) is 6.92 Å². The molecule has 154 valence electrons. The van der Waals surface area contributed by atoms with E-state index >= 15 is 0 Å². The van der Waals surface area contributed by atoms with E-state index in [0.29, 0.717) is 33.8 Å². The maximum absolute atomic E-state index is 12.9. The molecule has 0 spiro atoms. The molecule has 0 saturated heterocycles. The number of carbonyl (C=O) groups is 1. The Balaban J connectivity index is 2.76. The summed E-state index contributed by atoms with van der Waals surface area (Å²) in [5, 5.41) is 11.2. The van der Waals surface area contributed by atoms with E-state index in [9.17, 15) is 14.7 Å². The van der Waals surface area contributed by atoms with Crippen LogP contribution >= 0.6 is 23.2 Å². The number of carboxylic acid groups (broad SMARTS) is 1. The van der Waals surface area contributed by atoms with Gasteiger partial charge >= 0.3 is 6.09 Å². The monoisotopic (exact) mass is 428 g/mol. The molecule has 1 aromatic carbocycles. The van der Waals surface area contributed by atoms with Crippen LogP contribution < -0.4 is 10.3 Å². The minimum atomic E-state index is -1.08. The van der Waals surface area contributed by atoms with E-state index in [0.717, 1.165) is 12.8 Å². The summed E-state index contributed by atoms with van der Waals surface area (Å²) in [5.74, 6) is 0.458. The fourth-order valence-electron chi connectivity index (χ4n) is 2.92. The SMILES string of the molecule is CCCCOc1c(CN(C(=O)O)C(C)(C)C)n(C)c(=O)c2cc(Cl)c(Cl)cc12. The smallest absolute Gasteiger partial charge is 0.408 e. The van der Waals surface area contributed by atoms with E-state index in [-0.39, 0.29) is 17.1 Å². The van der Waals surface area contributed by atoms with Crippen LogP contribution in [0.15, 0.2) is 16.9 Å². The maximum Gasteiger partial charge on any atom is 0.408 e. The lowest BCUT2D eigenvalue weighted by atomic mass is 10.0. The molecule has 6 nitrogen and oxygen atoms in total. The van der Waals surface area contributed by atoms with Crippen molar-refractivity contribution in [1.82, 2.24) is 9.47 Å². The summed E-state index contributed by atoms with van der Waals surface area (Å²) in [7, 11) is 1.61. The zero-order chi connectivity index (χ0) is 21.2. The highest BCUT2D eigenvalue weighted by atomic mass is 35.5. The van der Waals surface area contributed by atoms with Gasteiger partial charge in [-0.2, -0.15) is 0 Å². The van der Waals surface area contributed by atoms with Gasteiger partial charge in [0, 0.05) is 18.0 Å². The number of fused-ring (bicyclic) bond motifs is 1. The van der Waals surface area contributed by atoms with Crippen LogP contribution in [0.4, 0.5) is 4.79 Å². The van der Waals surface area contributed by atoms with Crippen LogP contribution in [-0.4, -0.2) is 32.8 Å². The minimum Gasteiger partial charge on any atom is -0.491 e. The molecule has 2 rings (SSSR count). The summed E-state index contributed by atoms with van der Waals surface area (Å²) in [6, 6.07) is 3.13. The summed E-state index contributed by atoms with van der Waals surface area (Å²) in [4.78, 5) is 26.1. The molecule has 1 amide bonds. The number of aromatic nitrogens is 1. The Hall–Kier alpha value is -1.92. The molecule has 28 heavy (non-hydrogen) atoms. The van der Waals surface area contributed by atoms with E-state index < -0.39 is 11.6 Å². The van der Waals surface area contributed by atoms with Crippen LogP contribution in [0.5, 0.6) is 5.75 Å². The molecule has 0 fully saturated rings. The first-order valence-corrected chi connectivity index (χ1v) is 9.88. The predicted octanol–water partition coefficient (Wildman–Crippen LogP) is 5.30. The second-order valence-electron chi connectivity index (χ2n) is 7.69. The molecule has 2 aromatic rings. The van der Waals surface area contributed by atoms with Crippen molar-refractivity contribution in [3.8, 4) is 5.75 Å². The lowest BCUT2D eigenvalue weighted by Crippen LogP contribution is -2.45. The van der Waals surface area contributed by atoms with E-state index in [1.54, 1.807) is 33.9 Å². The number of benzene rings is 1. The molecule has 0 aliphatic rings. The number of unbranched alkanes of at least 4 members (excludes halogenated alkanes) is 1. The number of ether oxygens (including phenoxy) is 1. The van der Waals surface area contributed by atoms with Crippen molar-refractivity contribution in [3.63, 3.8) is 0 Å². The van der Waals surface area contributed by atoms with Gasteiger partial charge < -0.3 is 14.4 Å². The van der Waals surface area contributed by atoms with E-state index in [4.69, 9.17) is 27.9 Å². The average molecular weight is 429 g/mol. The molecule has 1 aromatic heterocycles. The van der Waals surface area contributed by atoms with Crippen LogP contribution in [0.2, 0.25) is 10.0 Å². The van der Waals surface area contributed by atoms with Crippen LogP contribution in [0.3, 0.4) is 0 Å². The van der Waals surface area contributed by atoms with Gasteiger partial charge in [0.15, 0.2) is 0 Å². The third-order valence-electron chi connectivity index (χ3n) is 4.60. The lowest BCUT2D eigenvalue weighted by molar-refractivity contribution is 0.0931. The molecule has 0 atom stereocenters. The summed E-state index contributed by atoms with van der Waals surface area (Å²) in [5.41, 5.74) is -0.468. The van der Waals surface area contributed by atoms with Crippen LogP contribution in [0.1, 0.15) is 46.2 Å². The number of hydrogen-bond donors (Lipinski definition) is 1.